The topological polar surface area (TPSA) is 60.9 Å². The van der Waals surface area contributed by atoms with E-state index in [-0.39, 0.29) is 16.0 Å². The van der Waals surface area contributed by atoms with Gasteiger partial charge in [-0.05, 0) is 34.1 Å². The molecule has 1 saturated heterocycles. The summed E-state index contributed by atoms with van der Waals surface area (Å²) < 4.78 is 67.5. The maximum Gasteiger partial charge on any atom is 0.419 e. The lowest BCUT2D eigenvalue weighted by Crippen LogP contribution is -2.35. The van der Waals surface area contributed by atoms with Gasteiger partial charge in [-0.2, -0.15) is 18.2 Å². The Hall–Kier alpha value is -2.05. The van der Waals surface area contributed by atoms with Crippen molar-refractivity contribution >= 4 is 39.1 Å². The Bertz CT molecular complexity index is 933. The zero-order valence-corrected chi connectivity index (χ0v) is 15.3. The molecular weight excluding hydrogens is 463 g/mol. The van der Waals surface area contributed by atoms with Crippen molar-refractivity contribution in [1.82, 2.24) is 9.96 Å². The number of carbonyl (C=O) groups excluding carboxylic acids is 2. The Morgan fingerprint density at radius 3 is 2.52 bits per heavy atom. The zero-order valence-electron chi connectivity index (χ0n) is 12.9. The minimum atomic E-state index is -5.14. The van der Waals surface area contributed by atoms with Gasteiger partial charge in [0, 0.05) is 9.85 Å². The number of benzene rings is 1. The third-order valence-electron chi connectivity index (χ3n) is 3.80. The van der Waals surface area contributed by atoms with Crippen molar-refractivity contribution in [3.63, 3.8) is 0 Å². The van der Waals surface area contributed by atoms with Gasteiger partial charge in [-0.15, -0.1) is 11.3 Å². The lowest BCUT2D eigenvalue weighted by Gasteiger charge is -2.25. The van der Waals surface area contributed by atoms with E-state index in [2.05, 4.69) is 15.9 Å². The van der Waals surface area contributed by atoms with Gasteiger partial charge in [0.05, 0.1) is 10.4 Å². The van der Waals surface area contributed by atoms with E-state index in [1.54, 1.807) is 5.38 Å². The molecule has 12 heteroatoms. The molecule has 1 fully saturated rings. The highest BCUT2D eigenvalue weighted by atomic mass is 79.9. The van der Waals surface area contributed by atoms with Gasteiger partial charge in [-0.1, -0.05) is 0 Å². The summed E-state index contributed by atoms with van der Waals surface area (Å²) >= 11 is 4.17. The zero-order chi connectivity index (χ0) is 20.1. The van der Waals surface area contributed by atoms with Crippen LogP contribution in [-0.2, 0) is 11.0 Å². The third kappa shape index (κ3) is 3.44. The SMILES string of the molecule is O=C1CN(C(=O)c2c(F)ccc(C(F)(F)F)c2F)C(c2cc(Br)cs2)N1O. The van der Waals surface area contributed by atoms with Crippen molar-refractivity contribution in [2.24, 2.45) is 0 Å². The summed E-state index contributed by atoms with van der Waals surface area (Å²) in [5, 5.41) is 11.7. The van der Waals surface area contributed by atoms with E-state index >= 15 is 0 Å². The van der Waals surface area contributed by atoms with Gasteiger partial charge >= 0.3 is 6.18 Å². The van der Waals surface area contributed by atoms with Crippen LogP contribution < -0.4 is 0 Å². The summed E-state index contributed by atoms with van der Waals surface area (Å²) in [6.07, 6.45) is -6.57. The molecule has 2 heterocycles. The highest BCUT2D eigenvalue weighted by Crippen LogP contribution is 2.38. The van der Waals surface area contributed by atoms with E-state index in [1.165, 1.54) is 6.07 Å². The molecule has 0 bridgehead atoms. The molecule has 2 amide bonds. The molecule has 3 rings (SSSR count). The van der Waals surface area contributed by atoms with Gasteiger partial charge in [-0.3, -0.25) is 14.8 Å². The number of alkyl halides is 3. The molecule has 144 valence electrons. The van der Waals surface area contributed by atoms with E-state index in [4.69, 9.17) is 0 Å². The molecule has 5 nitrogen and oxygen atoms in total. The molecule has 1 aliphatic rings. The van der Waals surface area contributed by atoms with Gasteiger partial charge in [0.2, 0.25) is 0 Å². The molecule has 2 aromatic rings. The average molecular weight is 471 g/mol. The number of hydrogen-bond acceptors (Lipinski definition) is 4. The Kier molecular flexibility index (Phi) is 4.99. The summed E-state index contributed by atoms with van der Waals surface area (Å²) in [6, 6.07) is 1.96. The van der Waals surface area contributed by atoms with Crippen LogP contribution in [-0.4, -0.2) is 33.5 Å². The third-order valence-corrected chi connectivity index (χ3v) is 5.53. The fourth-order valence-corrected chi connectivity index (χ4v) is 4.14. The summed E-state index contributed by atoms with van der Waals surface area (Å²) in [5.41, 5.74) is -3.26. The first-order chi connectivity index (χ1) is 12.5. The number of thiophene rings is 1. The predicted octanol–water partition coefficient (Wildman–Crippen LogP) is 4.18. The average Bonchev–Trinajstić information content (AvgIpc) is 3.10. The second-order valence-electron chi connectivity index (χ2n) is 5.49. The number of amides is 2. The fraction of sp³-hybridized carbons (Fsp3) is 0.200. The number of carbonyl (C=O) groups is 2. The quantitative estimate of drug-likeness (QED) is 0.529. The molecule has 27 heavy (non-hydrogen) atoms. The molecule has 1 aromatic heterocycles. The molecule has 1 N–H and O–H groups in total. The Labute approximate surface area is 160 Å². The van der Waals surface area contributed by atoms with Crippen LogP contribution in [0.15, 0.2) is 28.1 Å². The van der Waals surface area contributed by atoms with Crippen LogP contribution in [0.3, 0.4) is 0 Å². The van der Waals surface area contributed by atoms with E-state index in [0.29, 0.717) is 15.4 Å². The van der Waals surface area contributed by atoms with Crippen LogP contribution >= 0.6 is 27.3 Å². The van der Waals surface area contributed by atoms with Crippen molar-refractivity contribution in [2.75, 3.05) is 6.54 Å². The molecule has 1 unspecified atom stereocenters. The van der Waals surface area contributed by atoms with Crippen LogP contribution in [0, 0.1) is 11.6 Å². The van der Waals surface area contributed by atoms with Gasteiger partial charge < -0.3 is 4.90 Å². The standard InChI is InChI=1S/C15H8BrF5N2O3S/c16-6-3-9(27-5-6)13-22(4-10(24)23(13)26)14(25)11-8(17)2-1-7(12(11)18)15(19,20)21/h1-3,5,13,26H,4H2. The van der Waals surface area contributed by atoms with E-state index in [9.17, 15) is 36.7 Å². The number of halogens is 6. The van der Waals surface area contributed by atoms with Crippen molar-refractivity contribution < 1.29 is 36.7 Å². The lowest BCUT2D eigenvalue weighted by atomic mass is 10.1. The monoisotopic (exact) mass is 470 g/mol. The van der Waals surface area contributed by atoms with Crippen molar-refractivity contribution in [3.8, 4) is 0 Å². The molecule has 1 atom stereocenters. The molecule has 0 radical (unpaired) electrons. The largest absolute Gasteiger partial charge is 0.419 e. The first kappa shape index (κ1) is 19.7. The molecular formula is C15H8BrF5N2O3S. The van der Waals surface area contributed by atoms with Crippen LogP contribution in [0.2, 0.25) is 0 Å². The Morgan fingerprint density at radius 1 is 1.30 bits per heavy atom. The normalized spacial score (nSPS) is 17.7. The van der Waals surface area contributed by atoms with E-state index in [1.807, 2.05) is 0 Å². The Morgan fingerprint density at radius 2 is 1.96 bits per heavy atom. The van der Waals surface area contributed by atoms with Crippen LogP contribution in [0.25, 0.3) is 0 Å². The molecule has 0 spiro atoms. The summed E-state index contributed by atoms with van der Waals surface area (Å²) in [6.45, 7) is -0.759. The van der Waals surface area contributed by atoms with Crippen molar-refractivity contribution in [2.45, 2.75) is 12.3 Å². The summed E-state index contributed by atoms with van der Waals surface area (Å²) in [5.74, 6) is -6.04. The number of nitrogens with zero attached hydrogens (tertiary/aromatic N) is 2. The van der Waals surface area contributed by atoms with Gasteiger partial charge in [0.25, 0.3) is 11.8 Å². The van der Waals surface area contributed by atoms with Crippen LogP contribution in [0.1, 0.15) is 27.0 Å². The predicted molar refractivity (Wildman–Crippen MR) is 85.8 cm³/mol. The van der Waals surface area contributed by atoms with Gasteiger partial charge in [0.15, 0.2) is 12.0 Å². The Balaban J connectivity index is 2.08. The van der Waals surface area contributed by atoms with Crippen molar-refractivity contribution in [1.29, 1.82) is 0 Å². The van der Waals surface area contributed by atoms with E-state index in [0.717, 1.165) is 11.3 Å². The highest BCUT2D eigenvalue weighted by Gasteiger charge is 2.45. The minimum Gasteiger partial charge on any atom is -0.302 e. The fourth-order valence-electron chi connectivity index (χ4n) is 2.60. The number of rotatable bonds is 2. The second-order valence-corrected chi connectivity index (χ2v) is 7.35. The second kappa shape index (κ2) is 6.84. The maximum atomic E-state index is 14.3. The van der Waals surface area contributed by atoms with Gasteiger partial charge in [-0.25, -0.2) is 8.78 Å². The maximum absolute atomic E-state index is 14.3. The van der Waals surface area contributed by atoms with Crippen molar-refractivity contribution in [3.05, 3.63) is 55.7 Å². The minimum absolute atomic E-state index is 0.183. The molecule has 1 aromatic carbocycles. The first-order valence-electron chi connectivity index (χ1n) is 7.13. The molecule has 0 aliphatic carbocycles. The first-order valence-corrected chi connectivity index (χ1v) is 8.80. The number of hydroxylamine groups is 2. The molecule has 0 saturated carbocycles. The molecule has 1 aliphatic heterocycles. The summed E-state index contributed by atoms with van der Waals surface area (Å²) in [4.78, 5) is 25.3. The van der Waals surface area contributed by atoms with Crippen LogP contribution in [0.5, 0.6) is 0 Å². The van der Waals surface area contributed by atoms with E-state index < -0.39 is 53.5 Å². The van der Waals surface area contributed by atoms with Gasteiger partial charge in [0.1, 0.15) is 17.9 Å². The smallest absolute Gasteiger partial charge is 0.302 e. The van der Waals surface area contributed by atoms with Crippen LogP contribution in [0.4, 0.5) is 22.0 Å². The number of hydrogen-bond donors (Lipinski definition) is 1. The lowest BCUT2D eigenvalue weighted by molar-refractivity contribution is -0.168. The summed E-state index contributed by atoms with van der Waals surface area (Å²) in [7, 11) is 0. The highest BCUT2D eigenvalue weighted by molar-refractivity contribution is 9.10.